The van der Waals surface area contributed by atoms with Crippen LogP contribution >= 0.6 is 0 Å². The van der Waals surface area contributed by atoms with Crippen LogP contribution in [0.4, 0.5) is 0 Å². The third-order valence-electron chi connectivity index (χ3n) is 5.82. The number of rotatable bonds is 3. The van der Waals surface area contributed by atoms with Crippen LogP contribution in [-0.4, -0.2) is 10.1 Å². The van der Waals surface area contributed by atoms with Gasteiger partial charge in [0.2, 0.25) is 5.89 Å². The molecule has 0 amide bonds. The fraction of sp³-hybridized carbons (Fsp3) is 0.882. The Hall–Kier alpha value is -0.900. The quantitative estimate of drug-likeness (QED) is 0.910. The van der Waals surface area contributed by atoms with E-state index < -0.39 is 0 Å². The Morgan fingerprint density at radius 3 is 2.43 bits per heavy atom. The maximum Gasteiger partial charge on any atom is 0.246 e. The van der Waals surface area contributed by atoms with Gasteiger partial charge in [-0.1, -0.05) is 25.4 Å². The van der Waals surface area contributed by atoms with E-state index in [1.54, 1.807) is 0 Å². The summed E-state index contributed by atoms with van der Waals surface area (Å²) in [4.78, 5) is 4.70. The molecule has 4 nitrogen and oxygen atoms in total. The van der Waals surface area contributed by atoms with Crippen molar-refractivity contribution >= 4 is 0 Å². The molecule has 0 spiro atoms. The van der Waals surface area contributed by atoms with Crippen molar-refractivity contribution in [2.45, 2.75) is 83.1 Å². The first-order valence-corrected chi connectivity index (χ1v) is 8.73. The molecule has 0 aromatic carbocycles. The van der Waals surface area contributed by atoms with Crippen LogP contribution in [0.25, 0.3) is 0 Å². The van der Waals surface area contributed by atoms with Crippen molar-refractivity contribution in [2.24, 2.45) is 17.6 Å². The molecule has 2 N–H and O–H groups in total. The normalized spacial score (nSPS) is 37.6. The van der Waals surface area contributed by atoms with Crippen LogP contribution in [0.2, 0.25) is 0 Å². The van der Waals surface area contributed by atoms with E-state index in [2.05, 4.69) is 19.0 Å². The lowest BCUT2D eigenvalue weighted by molar-refractivity contribution is 0.190. The Kier molecular flexibility index (Phi) is 4.34. The van der Waals surface area contributed by atoms with Gasteiger partial charge < -0.3 is 10.3 Å². The van der Waals surface area contributed by atoms with Gasteiger partial charge in [-0.3, -0.25) is 0 Å². The molecule has 1 heterocycles. The van der Waals surface area contributed by atoms with Gasteiger partial charge in [0, 0.05) is 5.92 Å². The molecular weight excluding hydrogens is 262 g/mol. The van der Waals surface area contributed by atoms with Gasteiger partial charge in [-0.05, 0) is 63.2 Å². The average molecular weight is 291 g/mol. The molecule has 2 fully saturated rings. The molecule has 1 aromatic heterocycles. The molecular formula is C17H29N3O. The van der Waals surface area contributed by atoms with E-state index in [1.165, 1.54) is 32.1 Å². The van der Waals surface area contributed by atoms with Gasteiger partial charge in [0.25, 0.3) is 0 Å². The van der Waals surface area contributed by atoms with Crippen molar-refractivity contribution in [3.8, 4) is 0 Å². The second-order valence-electron chi connectivity index (χ2n) is 7.42. The lowest BCUT2D eigenvalue weighted by Gasteiger charge is -2.32. The Balaban J connectivity index is 1.66. The predicted molar refractivity (Wildman–Crippen MR) is 82.8 cm³/mol. The summed E-state index contributed by atoms with van der Waals surface area (Å²) in [6, 6.07) is 0. The number of nitrogens with zero attached hydrogens (tertiary/aromatic N) is 2. The molecule has 0 aliphatic heterocycles. The SMILES string of the molecule is CCC1CCC(c2noc(C3(N)CCC(C)CC3)n2)CC1. The first kappa shape index (κ1) is 15.0. The van der Waals surface area contributed by atoms with Gasteiger partial charge in [0.05, 0.1) is 5.54 Å². The highest BCUT2D eigenvalue weighted by molar-refractivity contribution is 5.07. The van der Waals surface area contributed by atoms with E-state index in [1.807, 2.05) is 0 Å². The summed E-state index contributed by atoms with van der Waals surface area (Å²) in [5, 5.41) is 4.26. The van der Waals surface area contributed by atoms with Gasteiger partial charge in [-0.15, -0.1) is 0 Å². The second kappa shape index (κ2) is 6.07. The molecule has 0 unspecified atom stereocenters. The Morgan fingerprint density at radius 1 is 1.14 bits per heavy atom. The van der Waals surface area contributed by atoms with Crippen LogP contribution in [0.1, 0.15) is 89.3 Å². The van der Waals surface area contributed by atoms with E-state index in [9.17, 15) is 0 Å². The van der Waals surface area contributed by atoms with Crippen LogP contribution in [0.5, 0.6) is 0 Å². The van der Waals surface area contributed by atoms with E-state index in [0.717, 1.165) is 43.3 Å². The highest BCUT2D eigenvalue weighted by Crippen LogP contribution is 2.39. The van der Waals surface area contributed by atoms with E-state index in [0.29, 0.717) is 11.8 Å². The van der Waals surface area contributed by atoms with Crippen molar-refractivity contribution in [1.82, 2.24) is 10.1 Å². The predicted octanol–water partition coefficient (Wildman–Crippen LogP) is 4.12. The summed E-state index contributed by atoms with van der Waals surface area (Å²) < 4.78 is 5.56. The molecule has 4 heteroatoms. The van der Waals surface area contributed by atoms with Crippen molar-refractivity contribution in [3.63, 3.8) is 0 Å². The minimum absolute atomic E-state index is 0.377. The van der Waals surface area contributed by atoms with Crippen LogP contribution < -0.4 is 5.73 Å². The van der Waals surface area contributed by atoms with E-state index in [-0.39, 0.29) is 5.54 Å². The molecule has 2 saturated carbocycles. The summed E-state index contributed by atoms with van der Waals surface area (Å²) >= 11 is 0. The van der Waals surface area contributed by atoms with Crippen LogP contribution in [0.3, 0.4) is 0 Å². The van der Waals surface area contributed by atoms with Crippen molar-refractivity contribution in [1.29, 1.82) is 0 Å². The number of hydrogen-bond donors (Lipinski definition) is 1. The molecule has 2 aliphatic carbocycles. The minimum atomic E-state index is -0.377. The zero-order valence-corrected chi connectivity index (χ0v) is 13.5. The highest BCUT2D eigenvalue weighted by atomic mass is 16.5. The summed E-state index contributed by atoms with van der Waals surface area (Å²) in [5.74, 6) is 3.74. The fourth-order valence-corrected chi connectivity index (χ4v) is 3.92. The standard InChI is InChI=1S/C17H29N3O/c1-3-13-4-6-14(7-5-13)15-19-16(21-20-15)17(18)10-8-12(2)9-11-17/h12-14H,3-11,18H2,1-2H3. The molecule has 21 heavy (non-hydrogen) atoms. The summed E-state index contributed by atoms with van der Waals surface area (Å²) in [7, 11) is 0. The molecule has 0 radical (unpaired) electrons. The topological polar surface area (TPSA) is 64.9 Å². The number of nitrogens with two attached hydrogens (primary N) is 1. The maximum atomic E-state index is 6.53. The molecule has 0 atom stereocenters. The first-order chi connectivity index (χ1) is 10.1. The van der Waals surface area contributed by atoms with Gasteiger partial charge in [0.15, 0.2) is 5.82 Å². The largest absolute Gasteiger partial charge is 0.337 e. The Labute approximate surface area is 127 Å². The highest BCUT2D eigenvalue weighted by Gasteiger charge is 2.38. The molecule has 2 aliphatic rings. The molecule has 3 rings (SSSR count). The van der Waals surface area contributed by atoms with Gasteiger partial charge in [-0.25, -0.2) is 0 Å². The smallest absolute Gasteiger partial charge is 0.246 e. The average Bonchev–Trinajstić information content (AvgIpc) is 3.01. The van der Waals surface area contributed by atoms with Crippen molar-refractivity contribution in [2.75, 3.05) is 0 Å². The maximum absolute atomic E-state index is 6.53. The van der Waals surface area contributed by atoms with Gasteiger partial charge >= 0.3 is 0 Å². The number of aromatic nitrogens is 2. The molecule has 118 valence electrons. The van der Waals surface area contributed by atoms with E-state index >= 15 is 0 Å². The van der Waals surface area contributed by atoms with E-state index in [4.69, 9.17) is 15.2 Å². The zero-order chi connectivity index (χ0) is 14.9. The molecule has 1 aromatic rings. The summed E-state index contributed by atoms with van der Waals surface area (Å²) in [6.45, 7) is 4.59. The zero-order valence-electron chi connectivity index (χ0n) is 13.5. The molecule has 0 bridgehead atoms. The summed E-state index contributed by atoms with van der Waals surface area (Å²) in [6.07, 6.45) is 10.6. The monoisotopic (exact) mass is 291 g/mol. The van der Waals surface area contributed by atoms with Crippen LogP contribution in [-0.2, 0) is 5.54 Å². The third kappa shape index (κ3) is 3.15. The fourth-order valence-electron chi connectivity index (χ4n) is 3.92. The minimum Gasteiger partial charge on any atom is -0.337 e. The van der Waals surface area contributed by atoms with Gasteiger partial charge in [-0.2, -0.15) is 4.98 Å². The van der Waals surface area contributed by atoms with Crippen LogP contribution in [0.15, 0.2) is 4.52 Å². The Morgan fingerprint density at radius 2 is 1.81 bits per heavy atom. The third-order valence-corrected chi connectivity index (χ3v) is 5.82. The number of hydrogen-bond acceptors (Lipinski definition) is 4. The van der Waals surface area contributed by atoms with Crippen molar-refractivity contribution in [3.05, 3.63) is 11.7 Å². The lowest BCUT2D eigenvalue weighted by Crippen LogP contribution is -2.40. The van der Waals surface area contributed by atoms with Crippen LogP contribution in [0, 0.1) is 11.8 Å². The lowest BCUT2D eigenvalue weighted by atomic mass is 9.77. The Bertz CT molecular complexity index is 454. The first-order valence-electron chi connectivity index (χ1n) is 8.73. The summed E-state index contributed by atoms with van der Waals surface area (Å²) in [5.41, 5.74) is 6.16. The second-order valence-corrected chi connectivity index (χ2v) is 7.42. The molecule has 0 saturated heterocycles. The van der Waals surface area contributed by atoms with Crippen molar-refractivity contribution < 1.29 is 4.52 Å². The van der Waals surface area contributed by atoms with Gasteiger partial charge in [0.1, 0.15) is 0 Å².